The Kier molecular flexibility index (Phi) is 16.8. The number of phenolic OH excluding ortho intramolecular Hbond substituents is 1. The number of hydrogen-bond donors (Lipinski definition) is 9. The van der Waals surface area contributed by atoms with Crippen molar-refractivity contribution in [3.8, 4) is 5.75 Å². The molecule has 1 heterocycles. The number of benzene rings is 1. The van der Waals surface area contributed by atoms with E-state index in [1.54, 1.807) is 12.1 Å². The first-order chi connectivity index (χ1) is 24.1. The van der Waals surface area contributed by atoms with E-state index in [2.05, 4.69) is 31.9 Å². The summed E-state index contributed by atoms with van der Waals surface area (Å²) in [4.78, 5) is 102. The SMILES string of the molecule is CNC(=O)[C@H](CCC(N)=O)NC(=O)[C@@H]1CCCN1C(=O)[C@H](CC(C)C)NC(=O)[C@H](CO)NC(=O)CNC(=O)[C@H](Cc1ccc(O)cc1)NC(C)=O. The smallest absolute Gasteiger partial charge is 0.245 e. The van der Waals surface area contributed by atoms with E-state index < -0.39 is 90.6 Å². The summed E-state index contributed by atoms with van der Waals surface area (Å²) >= 11 is 0. The zero-order valence-corrected chi connectivity index (χ0v) is 29.3. The third-order valence-electron chi connectivity index (χ3n) is 8.05. The van der Waals surface area contributed by atoms with Gasteiger partial charge in [0.15, 0.2) is 0 Å². The van der Waals surface area contributed by atoms with Crippen molar-refractivity contribution in [1.29, 1.82) is 0 Å². The van der Waals surface area contributed by atoms with Crippen molar-refractivity contribution in [3.63, 3.8) is 0 Å². The number of amides is 8. The van der Waals surface area contributed by atoms with Crippen molar-refractivity contribution >= 4 is 47.3 Å². The zero-order valence-electron chi connectivity index (χ0n) is 29.3. The van der Waals surface area contributed by atoms with Crippen molar-refractivity contribution in [2.75, 3.05) is 26.7 Å². The first-order valence-electron chi connectivity index (χ1n) is 16.7. The van der Waals surface area contributed by atoms with Gasteiger partial charge in [-0.3, -0.25) is 38.4 Å². The van der Waals surface area contributed by atoms with Crippen LogP contribution < -0.4 is 37.6 Å². The fraction of sp³-hybridized carbons (Fsp3) is 0.576. The topological polar surface area (TPSA) is 278 Å². The molecule has 1 saturated heterocycles. The number of likely N-dealkylation sites (tertiary alicyclic amines) is 1. The lowest BCUT2D eigenvalue weighted by Crippen LogP contribution is -2.59. The normalized spacial score (nSPS) is 16.2. The van der Waals surface area contributed by atoms with Gasteiger partial charge in [-0.25, -0.2) is 0 Å². The predicted molar refractivity (Wildman–Crippen MR) is 182 cm³/mol. The Morgan fingerprint density at radius 3 is 2.12 bits per heavy atom. The third-order valence-corrected chi connectivity index (χ3v) is 8.05. The molecule has 0 saturated carbocycles. The van der Waals surface area contributed by atoms with Crippen molar-refractivity contribution < 1.29 is 48.6 Å². The van der Waals surface area contributed by atoms with Crippen molar-refractivity contribution in [1.82, 2.24) is 36.8 Å². The van der Waals surface area contributed by atoms with E-state index in [9.17, 15) is 48.6 Å². The molecule has 8 amide bonds. The van der Waals surface area contributed by atoms with E-state index in [0.29, 0.717) is 12.0 Å². The molecule has 0 aromatic heterocycles. The molecule has 18 heteroatoms. The quantitative estimate of drug-likeness (QED) is 0.0701. The van der Waals surface area contributed by atoms with Gasteiger partial charge in [0, 0.05) is 33.4 Å². The lowest BCUT2D eigenvalue weighted by Gasteiger charge is -2.31. The van der Waals surface area contributed by atoms with Gasteiger partial charge >= 0.3 is 0 Å². The second-order valence-corrected chi connectivity index (χ2v) is 12.7. The van der Waals surface area contributed by atoms with Crippen LogP contribution in [0.3, 0.4) is 0 Å². The van der Waals surface area contributed by atoms with Crippen LogP contribution in [-0.4, -0.2) is 119 Å². The minimum atomic E-state index is -1.50. The summed E-state index contributed by atoms with van der Waals surface area (Å²) in [6, 6.07) is 0.268. The Bertz CT molecular complexity index is 1420. The average molecular weight is 719 g/mol. The van der Waals surface area contributed by atoms with Crippen LogP contribution in [0.2, 0.25) is 0 Å². The number of likely N-dealkylation sites (N-methyl/N-ethyl adjacent to an activating group) is 1. The van der Waals surface area contributed by atoms with Crippen LogP contribution >= 0.6 is 0 Å². The Hall–Kier alpha value is -5.26. The molecule has 1 fully saturated rings. The number of primary amides is 1. The van der Waals surface area contributed by atoms with Crippen molar-refractivity contribution in [2.24, 2.45) is 11.7 Å². The molecule has 1 aliphatic rings. The second-order valence-electron chi connectivity index (χ2n) is 12.7. The van der Waals surface area contributed by atoms with E-state index in [0.717, 1.165) is 0 Å². The largest absolute Gasteiger partial charge is 0.508 e. The fourth-order valence-corrected chi connectivity index (χ4v) is 5.52. The molecule has 282 valence electrons. The number of nitrogens with zero attached hydrogens (tertiary/aromatic N) is 1. The number of hydrogen-bond acceptors (Lipinski definition) is 10. The minimum absolute atomic E-state index is 0.0216. The van der Waals surface area contributed by atoms with E-state index in [-0.39, 0.29) is 50.3 Å². The van der Waals surface area contributed by atoms with Gasteiger partial charge in [0.2, 0.25) is 47.3 Å². The van der Waals surface area contributed by atoms with Gasteiger partial charge in [-0.15, -0.1) is 0 Å². The lowest BCUT2D eigenvalue weighted by molar-refractivity contribution is -0.143. The number of nitrogens with two attached hydrogens (primary N) is 1. The van der Waals surface area contributed by atoms with Crippen LogP contribution in [0.4, 0.5) is 0 Å². The number of aliphatic hydroxyl groups is 1. The number of rotatable bonds is 19. The van der Waals surface area contributed by atoms with Gasteiger partial charge in [-0.05, 0) is 49.3 Å². The maximum Gasteiger partial charge on any atom is 0.245 e. The highest BCUT2D eigenvalue weighted by Crippen LogP contribution is 2.21. The van der Waals surface area contributed by atoms with Crippen molar-refractivity contribution in [2.45, 2.75) is 89.5 Å². The van der Waals surface area contributed by atoms with Crippen LogP contribution in [-0.2, 0) is 44.8 Å². The van der Waals surface area contributed by atoms with Gasteiger partial charge < -0.3 is 52.7 Å². The molecule has 51 heavy (non-hydrogen) atoms. The molecule has 1 aliphatic heterocycles. The molecular formula is C33H50N8O10. The van der Waals surface area contributed by atoms with Crippen LogP contribution in [0.15, 0.2) is 24.3 Å². The van der Waals surface area contributed by atoms with Crippen LogP contribution in [0.25, 0.3) is 0 Å². The number of phenols is 1. The standard InChI is InChI=1S/C33H50N8O10/c1-18(2)14-24(33(51)41-13-5-6-26(41)32(50)39-22(29(47)35-4)11-12-27(34)45)40-31(49)25(17-42)38-28(46)16-36-30(48)23(37-19(3)43)15-20-7-9-21(44)10-8-20/h7-10,18,22-26,42,44H,5-6,11-17H2,1-4H3,(H2,34,45)(H,35,47)(H,36,48)(H,37,43)(H,38,46)(H,39,50)(H,40,49)/t22-,23-,24-,25-,26-/m0/s1. The van der Waals surface area contributed by atoms with Crippen LogP contribution in [0.5, 0.6) is 5.75 Å². The molecule has 0 aliphatic carbocycles. The summed E-state index contributed by atoms with van der Waals surface area (Å²) in [6.45, 7) is 3.60. The Balaban J connectivity index is 2.07. The number of aromatic hydroxyl groups is 1. The maximum absolute atomic E-state index is 13.8. The summed E-state index contributed by atoms with van der Waals surface area (Å²) in [6.07, 6.45) is 0.779. The van der Waals surface area contributed by atoms with Crippen LogP contribution in [0.1, 0.15) is 58.4 Å². The molecule has 0 radical (unpaired) electrons. The number of aliphatic hydroxyl groups excluding tert-OH is 1. The molecule has 0 spiro atoms. The molecule has 0 bridgehead atoms. The van der Waals surface area contributed by atoms with E-state index >= 15 is 0 Å². The number of carbonyl (C=O) groups is 8. The highest BCUT2D eigenvalue weighted by Gasteiger charge is 2.39. The molecule has 18 nitrogen and oxygen atoms in total. The van der Waals surface area contributed by atoms with Gasteiger partial charge in [0.25, 0.3) is 0 Å². The fourth-order valence-electron chi connectivity index (χ4n) is 5.52. The maximum atomic E-state index is 13.8. The Labute approximate surface area is 296 Å². The van der Waals surface area contributed by atoms with Gasteiger partial charge in [-0.2, -0.15) is 0 Å². The van der Waals surface area contributed by atoms with E-state index in [1.807, 2.05) is 13.8 Å². The molecule has 1 aromatic rings. The van der Waals surface area contributed by atoms with Crippen molar-refractivity contribution in [3.05, 3.63) is 29.8 Å². The zero-order chi connectivity index (χ0) is 38.2. The van der Waals surface area contributed by atoms with Gasteiger partial charge in [-0.1, -0.05) is 26.0 Å². The average Bonchev–Trinajstić information content (AvgIpc) is 3.57. The molecular weight excluding hydrogens is 668 g/mol. The summed E-state index contributed by atoms with van der Waals surface area (Å²) in [5.74, 6) is -5.36. The van der Waals surface area contributed by atoms with E-state index in [4.69, 9.17) is 5.73 Å². The van der Waals surface area contributed by atoms with E-state index in [1.165, 1.54) is 31.0 Å². The Morgan fingerprint density at radius 1 is 0.882 bits per heavy atom. The number of nitrogens with one attached hydrogen (secondary N) is 6. The van der Waals surface area contributed by atoms with Gasteiger partial charge in [0.1, 0.15) is 36.0 Å². The van der Waals surface area contributed by atoms with Crippen LogP contribution in [0, 0.1) is 5.92 Å². The molecule has 10 N–H and O–H groups in total. The first kappa shape index (κ1) is 41.9. The second kappa shape index (κ2) is 20.4. The summed E-state index contributed by atoms with van der Waals surface area (Å²) in [5, 5.41) is 34.2. The lowest BCUT2D eigenvalue weighted by atomic mass is 10.0. The van der Waals surface area contributed by atoms with Gasteiger partial charge in [0.05, 0.1) is 13.2 Å². The summed E-state index contributed by atoms with van der Waals surface area (Å²) in [7, 11) is 1.37. The number of carbonyl (C=O) groups excluding carboxylic acids is 8. The molecule has 2 rings (SSSR count). The highest BCUT2D eigenvalue weighted by molar-refractivity contribution is 5.96. The molecule has 5 atom stereocenters. The third kappa shape index (κ3) is 13.9. The minimum Gasteiger partial charge on any atom is -0.508 e. The first-order valence-corrected chi connectivity index (χ1v) is 16.7. The monoisotopic (exact) mass is 718 g/mol. The summed E-state index contributed by atoms with van der Waals surface area (Å²) < 4.78 is 0. The molecule has 1 aromatic carbocycles. The molecule has 0 unspecified atom stereocenters. The summed E-state index contributed by atoms with van der Waals surface area (Å²) in [5.41, 5.74) is 5.83. The predicted octanol–water partition coefficient (Wildman–Crippen LogP) is -2.95. The highest BCUT2D eigenvalue weighted by atomic mass is 16.3. The Morgan fingerprint density at radius 2 is 1.55 bits per heavy atom.